The van der Waals surface area contributed by atoms with E-state index in [0.29, 0.717) is 36.9 Å². The number of aromatic nitrogens is 3. The zero-order valence-electron chi connectivity index (χ0n) is 15.7. The fourth-order valence-electron chi connectivity index (χ4n) is 3.97. The van der Waals surface area contributed by atoms with Gasteiger partial charge in [-0.3, -0.25) is 19.7 Å². The molecule has 150 valence electrons. The molecule has 1 unspecified atom stereocenters. The Hall–Kier alpha value is -3.27. The normalized spacial score (nSPS) is 21.7. The Morgan fingerprint density at radius 1 is 1.21 bits per heavy atom. The van der Waals surface area contributed by atoms with Gasteiger partial charge in [0.2, 0.25) is 11.8 Å². The summed E-state index contributed by atoms with van der Waals surface area (Å²) in [6.07, 6.45) is 2.30. The number of carbonyl (C=O) groups is 3. The van der Waals surface area contributed by atoms with Crippen molar-refractivity contribution in [1.29, 1.82) is 0 Å². The summed E-state index contributed by atoms with van der Waals surface area (Å²) in [5.41, 5.74) is 2.49. The Kier molecular flexibility index (Phi) is 4.27. The number of nitrogens with one attached hydrogen (secondary N) is 3. The molecular weight excluding hydrogens is 374 g/mol. The van der Waals surface area contributed by atoms with Crippen LogP contribution in [-0.2, 0) is 22.7 Å². The first-order chi connectivity index (χ1) is 14.1. The lowest BCUT2D eigenvalue weighted by molar-refractivity contribution is -0.136. The summed E-state index contributed by atoms with van der Waals surface area (Å²) in [4.78, 5) is 39.8. The molecule has 4 heterocycles. The van der Waals surface area contributed by atoms with Gasteiger partial charge in [0.1, 0.15) is 6.04 Å². The first kappa shape index (κ1) is 17.8. The standard InChI is InChI=1S/C19H21N7O3/c27-17-5-4-15(18(28)23-17)25-10-14-11(2-1-3-13(14)19(25)29)6-21-16-9-22-26(24-16)12-7-20-8-12/h1-3,9,12,15,20H,4-8,10H2,(H,21,24)(H,23,27,28). The van der Waals surface area contributed by atoms with Crippen molar-refractivity contribution in [2.24, 2.45) is 0 Å². The van der Waals surface area contributed by atoms with Gasteiger partial charge in [0.05, 0.1) is 12.2 Å². The van der Waals surface area contributed by atoms with Gasteiger partial charge in [0.25, 0.3) is 5.91 Å². The Morgan fingerprint density at radius 2 is 2.07 bits per heavy atom. The molecular formula is C19H21N7O3. The SMILES string of the molecule is O=C1CCC(N2Cc3c(CNc4cnn(C5CNC5)n4)cccc3C2=O)C(=O)N1. The molecule has 1 aromatic carbocycles. The molecule has 1 atom stereocenters. The summed E-state index contributed by atoms with van der Waals surface area (Å²) in [5.74, 6) is -0.171. The first-order valence-electron chi connectivity index (χ1n) is 9.72. The van der Waals surface area contributed by atoms with Crippen LogP contribution >= 0.6 is 0 Å². The molecule has 3 amide bonds. The summed E-state index contributed by atoms with van der Waals surface area (Å²) < 4.78 is 0. The summed E-state index contributed by atoms with van der Waals surface area (Å²) in [5, 5.41) is 17.5. The van der Waals surface area contributed by atoms with Crippen molar-refractivity contribution in [1.82, 2.24) is 30.5 Å². The maximum absolute atomic E-state index is 12.9. The van der Waals surface area contributed by atoms with Crippen LogP contribution in [0.1, 0.15) is 40.4 Å². The summed E-state index contributed by atoms with van der Waals surface area (Å²) in [7, 11) is 0. The third kappa shape index (κ3) is 3.15. The van der Waals surface area contributed by atoms with Crippen LogP contribution < -0.4 is 16.0 Å². The molecule has 5 rings (SSSR count). The molecule has 29 heavy (non-hydrogen) atoms. The van der Waals surface area contributed by atoms with E-state index in [1.54, 1.807) is 22.0 Å². The monoisotopic (exact) mass is 395 g/mol. The number of hydrogen-bond donors (Lipinski definition) is 3. The predicted octanol–water partition coefficient (Wildman–Crippen LogP) is -0.204. The largest absolute Gasteiger partial charge is 0.363 e. The quantitative estimate of drug-likeness (QED) is 0.599. The highest BCUT2D eigenvalue weighted by molar-refractivity contribution is 6.05. The zero-order valence-corrected chi connectivity index (χ0v) is 15.7. The fraction of sp³-hybridized carbons (Fsp3) is 0.421. The molecule has 3 aliphatic heterocycles. The molecule has 0 spiro atoms. The van der Waals surface area contributed by atoms with Gasteiger partial charge in [-0.2, -0.15) is 9.90 Å². The summed E-state index contributed by atoms with van der Waals surface area (Å²) >= 11 is 0. The third-order valence-electron chi connectivity index (χ3n) is 5.73. The number of anilines is 1. The van der Waals surface area contributed by atoms with Gasteiger partial charge in [0, 0.05) is 38.2 Å². The Bertz CT molecular complexity index is 997. The number of benzene rings is 1. The minimum absolute atomic E-state index is 0.167. The van der Waals surface area contributed by atoms with Crippen LogP contribution in [0, 0.1) is 0 Å². The number of hydrogen-bond acceptors (Lipinski definition) is 7. The van der Waals surface area contributed by atoms with E-state index >= 15 is 0 Å². The van der Waals surface area contributed by atoms with E-state index in [4.69, 9.17) is 0 Å². The minimum atomic E-state index is -0.607. The van der Waals surface area contributed by atoms with E-state index in [0.717, 1.165) is 24.2 Å². The Morgan fingerprint density at radius 3 is 2.83 bits per heavy atom. The molecule has 0 aliphatic carbocycles. The van der Waals surface area contributed by atoms with Gasteiger partial charge in [-0.1, -0.05) is 12.1 Å². The highest BCUT2D eigenvalue weighted by Gasteiger charge is 2.39. The lowest BCUT2D eigenvalue weighted by Crippen LogP contribution is -2.52. The second kappa shape index (κ2) is 6.96. The number of nitrogens with zero attached hydrogens (tertiary/aromatic N) is 4. The second-order valence-corrected chi connectivity index (χ2v) is 7.56. The van der Waals surface area contributed by atoms with Crippen molar-refractivity contribution in [2.75, 3.05) is 18.4 Å². The van der Waals surface area contributed by atoms with Crippen molar-refractivity contribution < 1.29 is 14.4 Å². The Balaban J connectivity index is 1.31. The van der Waals surface area contributed by atoms with E-state index in [1.165, 1.54) is 0 Å². The van der Waals surface area contributed by atoms with Gasteiger partial charge >= 0.3 is 0 Å². The smallest absolute Gasteiger partial charge is 0.255 e. The zero-order chi connectivity index (χ0) is 20.0. The maximum Gasteiger partial charge on any atom is 0.255 e. The molecule has 2 fully saturated rings. The summed E-state index contributed by atoms with van der Waals surface area (Å²) in [6, 6.07) is 5.29. The van der Waals surface area contributed by atoms with Crippen LogP contribution in [0.15, 0.2) is 24.4 Å². The van der Waals surface area contributed by atoms with E-state index in [1.807, 2.05) is 12.1 Å². The lowest BCUT2D eigenvalue weighted by Gasteiger charge is -2.29. The third-order valence-corrected chi connectivity index (χ3v) is 5.73. The van der Waals surface area contributed by atoms with Crippen LogP contribution in [0.2, 0.25) is 0 Å². The topological polar surface area (TPSA) is 121 Å². The molecule has 1 aromatic heterocycles. The van der Waals surface area contributed by atoms with Crippen LogP contribution in [0.5, 0.6) is 0 Å². The minimum Gasteiger partial charge on any atom is -0.363 e. The number of imide groups is 1. The molecule has 10 heteroatoms. The number of fused-ring (bicyclic) bond motifs is 1. The van der Waals surface area contributed by atoms with E-state index in [-0.39, 0.29) is 18.2 Å². The van der Waals surface area contributed by atoms with Gasteiger partial charge in [-0.25, -0.2) is 0 Å². The van der Waals surface area contributed by atoms with Crippen molar-refractivity contribution >= 4 is 23.5 Å². The Labute approximate surface area is 166 Å². The summed E-state index contributed by atoms with van der Waals surface area (Å²) in [6.45, 7) is 2.61. The van der Waals surface area contributed by atoms with E-state index in [9.17, 15) is 14.4 Å². The van der Waals surface area contributed by atoms with Crippen LogP contribution in [0.3, 0.4) is 0 Å². The highest BCUT2D eigenvalue weighted by atomic mass is 16.2. The van der Waals surface area contributed by atoms with Gasteiger partial charge in [-0.15, -0.1) is 5.10 Å². The lowest BCUT2D eigenvalue weighted by atomic mass is 10.0. The van der Waals surface area contributed by atoms with Crippen molar-refractivity contribution in [3.05, 3.63) is 41.1 Å². The van der Waals surface area contributed by atoms with Crippen LogP contribution in [0.4, 0.5) is 5.82 Å². The molecule has 0 radical (unpaired) electrons. The number of carbonyl (C=O) groups excluding carboxylic acids is 3. The molecule has 2 saturated heterocycles. The first-order valence-corrected chi connectivity index (χ1v) is 9.72. The van der Waals surface area contributed by atoms with Crippen LogP contribution in [0.25, 0.3) is 0 Å². The van der Waals surface area contributed by atoms with Crippen molar-refractivity contribution in [2.45, 2.75) is 38.0 Å². The van der Waals surface area contributed by atoms with Crippen molar-refractivity contribution in [3.63, 3.8) is 0 Å². The molecule has 3 aliphatic rings. The van der Waals surface area contributed by atoms with Crippen LogP contribution in [-0.4, -0.2) is 56.7 Å². The van der Waals surface area contributed by atoms with Gasteiger partial charge < -0.3 is 15.5 Å². The van der Waals surface area contributed by atoms with E-state index in [2.05, 4.69) is 26.1 Å². The highest BCUT2D eigenvalue weighted by Crippen LogP contribution is 2.30. The van der Waals surface area contributed by atoms with Gasteiger partial charge in [-0.05, 0) is 23.6 Å². The molecule has 10 nitrogen and oxygen atoms in total. The average molecular weight is 395 g/mol. The van der Waals surface area contributed by atoms with Gasteiger partial charge in [0.15, 0.2) is 5.82 Å². The number of amides is 3. The average Bonchev–Trinajstić information content (AvgIpc) is 3.24. The molecule has 0 bridgehead atoms. The molecule has 2 aromatic rings. The maximum atomic E-state index is 12.9. The predicted molar refractivity (Wildman–Crippen MR) is 102 cm³/mol. The number of rotatable bonds is 5. The molecule has 3 N–H and O–H groups in total. The molecule has 0 saturated carbocycles. The second-order valence-electron chi connectivity index (χ2n) is 7.56. The fourth-order valence-corrected chi connectivity index (χ4v) is 3.97. The van der Waals surface area contributed by atoms with E-state index < -0.39 is 11.9 Å². The van der Waals surface area contributed by atoms with Crippen molar-refractivity contribution in [3.8, 4) is 0 Å². The number of piperidine rings is 1.